The second kappa shape index (κ2) is 5.33. The third-order valence-corrected chi connectivity index (χ3v) is 9.10. The quantitative estimate of drug-likeness (QED) is 0.683. The number of hydrogen-bond donors (Lipinski definition) is 1. The topological polar surface area (TPSA) is 38.3 Å². The smallest absolute Gasteiger partial charge is 0.230 e. The summed E-state index contributed by atoms with van der Waals surface area (Å²) in [6.07, 6.45) is 0. The van der Waals surface area contributed by atoms with Gasteiger partial charge in [-0.05, 0) is 23.7 Å². The monoisotopic (exact) mass is 291 g/mol. The molecular weight excluding hydrogens is 266 g/mol. The van der Waals surface area contributed by atoms with Crippen LogP contribution in [0.5, 0.6) is 0 Å². The van der Waals surface area contributed by atoms with Gasteiger partial charge in [0.15, 0.2) is 8.32 Å². The molecule has 0 unspecified atom stereocenters. The van der Waals surface area contributed by atoms with Gasteiger partial charge in [0.05, 0.1) is 18.6 Å². The van der Waals surface area contributed by atoms with Gasteiger partial charge in [0.2, 0.25) is 5.91 Å². The number of carbonyl (C=O) groups is 1. The van der Waals surface area contributed by atoms with Gasteiger partial charge in [-0.3, -0.25) is 4.79 Å². The standard InChI is InChI=1S/C16H25NO2Si/c1-16(2,3)20(4,5)19-11-13-14(15(18)17-13)12-9-7-6-8-10-12/h6-10,13-14H,11H2,1-5H3,(H,17,18)/t13-,14-/m0/s1. The van der Waals surface area contributed by atoms with Gasteiger partial charge in [-0.1, -0.05) is 51.1 Å². The molecule has 0 radical (unpaired) electrons. The van der Waals surface area contributed by atoms with Crippen LogP contribution in [0, 0.1) is 0 Å². The molecule has 1 amide bonds. The molecule has 3 nitrogen and oxygen atoms in total. The predicted molar refractivity (Wildman–Crippen MR) is 84.3 cm³/mol. The zero-order valence-corrected chi connectivity index (χ0v) is 14.1. The summed E-state index contributed by atoms with van der Waals surface area (Å²) >= 11 is 0. The van der Waals surface area contributed by atoms with E-state index in [0.29, 0.717) is 6.61 Å². The first kappa shape index (κ1) is 15.3. The van der Waals surface area contributed by atoms with Crippen LogP contribution >= 0.6 is 0 Å². The number of carbonyl (C=O) groups excluding carboxylic acids is 1. The number of rotatable bonds is 4. The minimum atomic E-state index is -1.75. The lowest BCUT2D eigenvalue weighted by Gasteiger charge is -2.42. The highest BCUT2D eigenvalue weighted by molar-refractivity contribution is 6.74. The van der Waals surface area contributed by atoms with E-state index in [9.17, 15) is 4.79 Å². The summed E-state index contributed by atoms with van der Waals surface area (Å²) in [5.74, 6) is 0.0565. The molecular formula is C16H25NO2Si. The highest BCUT2D eigenvalue weighted by atomic mass is 28.4. The fourth-order valence-electron chi connectivity index (χ4n) is 2.14. The van der Waals surface area contributed by atoms with E-state index in [0.717, 1.165) is 5.56 Å². The van der Waals surface area contributed by atoms with E-state index in [2.05, 4.69) is 39.2 Å². The molecule has 1 heterocycles. The van der Waals surface area contributed by atoms with Crippen LogP contribution in [-0.2, 0) is 9.22 Å². The molecule has 1 saturated heterocycles. The largest absolute Gasteiger partial charge is 0.415 e. The van der Waals surface area contributed by atoms with Crippen molar-refractivity contribution in [3.8, 4) is 0 Å². The minimum absolute atomic E-state index is 0.0547. The maximum absolute atomic E-state index is 11.8. The summed E-state index contributed by atoms with van der Waals surface area (Å²) in [6, 6.07) is 10.1. The summed E-state index contributed by atoms with van der Waals surface area (Å²) < 4.78 is 6.22. The fourth-order valence-corrected chi connectivity index (χ4v) is 3.17. The average molecular weight is 291 g/mol. The molecule has 1 aromatic carbocycles. The van der Waals surface area contributed by atoms with Crippen molar-refractivity contribution >= 4 is 14.2 Å². The summed E-state index contributed by atoms with van der Waals surface area (Å²) in [4.78, 5) is 11.8. The van der Waals surface area contributed by atoms with Gasteiger partial charge >= 0.3 is 0 Å². The first-order valence-corrected chi connectivity index (χ1v) is 10.1. The first-order valence-electron chi connectivity index (χ1n) is 7.22. The van der Waals surface area contributed by atoms with Crippen LogP contribution in [0.15, 0.2) is 30.3 Å². The van der Waals surface area contributed by atoms with Gasteiger partial charge in [0.25, 0.3) is 0 Å². The van der Waals surface area contributed by atoms with Gasteiger partial charge in [-0.15, -0.1) is 0 Å². The second-order valence-electron chi connectivity index (χ2n) is 7.07. The second-order valence-corrected chi connectivity index (χ2v) is 11.9. The van der Waals surface area contributed by atoms with Crippen molar-refractivity contribution in [1.29, 1.82) is 0 Å². The van der Waals surface area contributed by atoms with Crippen molar-refractivity contribution in [2.45, 2.75) is 50.9 Å². The zero-order valence-electron chi connectivity index (χ0n) is 13.1. The number of β-lactam (4-membered cyclic amide) rings is 1. The zero-order chi connectivity index (χ0) is 15.0. The Hall–Kier alpha value is -1.13. The van der Waals surface area contributed by atoms with Gasteiger partial charge in [-0.2, -0.15) is 0 Å². The van der Waals surface area contributed by atoms with E-state index in [4.69, 9.17) is 4.43 Å². The Labute approximate surface area is 122 Å². The number of hydrogen-bond acceptors (Lipinski definition) is 2. The third-order valence-electron chi connectivity index (χ3n) is 4.60. The highest BCUT2D eigenvalue weighted by Gasteiger charge is 2.43. The Kier molecular flexibility index (Phi) is 4.07. The molecule has 4 heteroatoms. The molecule has 110 valence electrons. The first-order chi connectivity index (χ1) is 9.22. The van der Waals surface area contributed by atoms with E-state index >= 15 is 0 Å². The van der Waals surface area contributed by atoms with Crippen LogP contribution in [0.4, 0.5) is 0 Å². The number of amides is 1. The molecule has 1 aliphatic heterocycles. The molecule has 2 rings (SSSR count). The molecule has 2 atom stereocenters. The molecule has 0 spiro atoms. The van der Waals surface area contributed by atoms with Crippen LogP contribution in [0.3, 0.4) is 0 Å². The Morgan fingerprint density at radius 2 is 1.80 bits per heavy atom. The summed E-state index contributed by atoms with van der Waals surface area (Å²) in [5.41, 5.74) is 1.08. The van der Waals surface area contributed by atoms with Gasteiger partial charge < -0.3 is 9.74 Å². The van der Waals surface area contributed by atoms with E-state index < -0.39 is 8.32 Å². The molecule has 1 aromatic rings. The number of nitrogens with one attached hydrogen (secondary N) is 1. The molecule has 0 saturated carbocycles. The van der Waals surface area contributed by atoms with Crippen molar-refractivity contribution in [3.05, 3.63) is 35.9 Å². The molecule has 1 N–H and O–H groups in total. The highest BCUT2D eigenvalue weighted by Crippen LogP contribution is 2.37. The molecule has 0 aromatic heterocycles. The Morgan fingerprint density at radius 3 is 2.30 bits per heavy atom. The summed E-state index contributed by atoms with van der Waals surface area (Å²) in [5, 5.41) is 3.17. The molecule has 1 aliphatic rings. The lowest BCUT2D eigenvalue weighted by molar-refractivity contribution is -0.131. The van der Waals surface area contributed by atoms with Crippen molar-refractivity contribution in [3.63, 3.8) is 0 Å². The average Bonchev–Trinajstić information content (AvgIpc) is 2.34. The summed E-state index contributed by atoms with van der Waals surface area (Å²) in [6.45, 7) is 11.8. The van der Waals surface area contributed by atoms with Crippen molar-refractivity contribution < 1.29 is 9.22 Å². The maximum atomic E-state index is 11.8. The van der Waals surface area contributed by atoms with E-state index in [1.807, 2.05) is 30.3 Å². The van der Waals surface area contributed by atoms with Crippen molar-refractivity contribution in [2.24, 2.45) is 0 Å². The van der Waals surface area contributed by atoms with Crippen molar-refractivity contribution in [2.75, 3.05) is 6.61 Å². The van der Waals surface area contributed by atoms with E-state index in [1.165, 1.54) is 0 Å². The Morgan fingerprint density at radius 1 is 1.20 bits per heavy atom. The normalized spacial score (nSPS) is 23.1. The van der Waals surface area contributed by atoms with Crippen LogP contribution in [-0.4, -0.2) is 26.9 Å². The van der Waals surface area contributed by atoms with E-state index in [-0.39, 0.29) is 22.9 Å². The maximum Gasteiger partial charge on any atom is 0.230 e. The van der Waals surface area contributed by atoms with Gasteiger partial charge in [0, 0.05) is 0 Å². The molecule has 1 fully saturated rings. The predicted octanol–water partition coefficient (Wildman–Crippen LogP) is 3.29. The molecule has 0 aliphatic carbocycles. The van der Waals surface area contributed by atoms with Gasteiger partial charge in [0.1, 0.15) is 0 Å². The SMILES string of the molecule is CC(C)(C)[Si](C)(C)OC[C@@H]1NC(=O)[C@H]1c1ccccc1. The van der Waals surface area contributed by atoms with Crippen molar-refractivity contribution in [1.82, 2.24) is 5.32 Å². The third kappa shape index (κ3) is 2.96. The number of benzene rings is 1. The lowest BCUT2D eigenvalue weighted by Crippen LogP contribution is -2.59. The van der Waals surface area contributed by atoms with Crippen LogP contribution in [0.1, 0.15) is 32.3 Å². The fraction of sp³-hybridized carbons (Fsp3) is 0.562. The minimum Gasteiger partial charge on any atom is -0.415 e. The van der Waals surface area contributed by atoms with Crippen LogP contribution in [0.2, 0.25) is 18.1 Å². The van der Waals surface area contributed by atoms with Crippen LogP contribution < -0.4 is 5.32 Å². The van der Waals surface area contributed by atoms with Gasteiger partial charge in [-0.25, -0.2) is 0 Å². The molecule has 0 bridgehead atoms. The Bertz CT molecular complexity index is 479. The van der Waals surface area contributed by atoms with Crippen LogP contribution in [0.25, 0.3) is 0 Å². The Balaban J connectivity index is 2.00. The summed E-state index contributed by atoms with van der Waals surface area (Å²) in [7, 11) is -1.75. The van der Waals surface area contributed by atoms with E-state index in [1.54, 1.807) is 0 Å². The lowest BCUT2D eigenvalue weighted by atomic mass is 9.84. The molecule has 20 heavy (non-hydrogen) atoms.